The van der Waals surface area contributed by atoms with E-state index in [0.29, 0.717) is 25.3 Å². The van der Waals surface area contributed by atoms with Crippen LogP contribution in [0.5, 0.6) is 0 Å². The van der Waals surface area contributed by atoms with Crippen LogP contribution in [0.15, 0.2) is 6.20 Å². The van der Waals surface area contributed by atoms with E-state index >= 15 is 0 Å². The number of nitrogens with two attached hydrogens (primary N) is 1. The highest BCUT2D eigenvalue weighted by Gasteiger charge is 2.24. The molecule has 5 nitrogen and oxygen atoms in total. The van der Waals surface area contributed by atoms with Crippen LogP contribution in [0.4, 0.5) is 0 Å². The Morgan fingerprint density at radius 2 is 2.11 bits per heavy atom. The highest BCUT2D eigenvalue weighted by atomic mass is 16.1. The first-order valence-corrected chi connectivity index (χ1v) is 6.90. The summed E-state index contributed by atoms with van der Waals surface area (Å²) < 4.78 is 1.62. The number of Topliss-reactive ketones (excluding diaryl/α,β-unsaturated/α-hetero) is 1. The van der Waals surface area contributed by atoms with Crippen molar-refractivity contribution < 1.29 is 4.79 Å². The van der Waals surface area contributed by atoms with Crippen LogP contribution in [0.25, 0.3) is 0 Å². The van der Waals surface area contributed by atoms with Gasteiger partial charge in [-0.1, -0.05) is 26.0 Å². The maximum Gasteiger partial charge on any atom is 0.138 e. The number of aromatic nitrogens is 3. The number of aryl methyl sites for hydroxylation is 1. The molecule has 0 fully saturated rings. The Labute approximate surface area is 115 Å². The topological polar surface area (TPSA) is 73.8 Å². The summed E-state index contributed by atoms with van der Waals surface area (Å²) in [7, 11) is 1.80. The number of ketones is 1. The first kappa shape index (κ1) is 15.8. The van der Waals surface area contributed by atoms with Crippen molar-refractivity contribution in [2.45, 2.75) is 46.5 Å². The normalized spacial score (nSPS) is 13.5. The summed E-state index contributed by atoms with van der Waals surface area (Å²) in [6, 6.07) is 0. The standard InChI is InChI=1S/C14H26N4O/c1-14(2,3)11(7-8-15)5-6-13(19)9-12-10-18(4)17-16-12/h10-11H,5-9,15H2,1-4H3. The van der Waals surface area contributed by atoms with Crippen LogP contribution in [-0.2, 0) is 18.3 Å². The lowest BCUT2D eigenvalue weighted by Gasteiger charge is -2.30. The molecule has 19 heavy (non-hydrogen) atoms. The first-order valence-electron chi connectivity index (χ1n) is 6.90. The summed E-state index contributed by atoms with van der Waals surface area (Å²) in [4.78, 5) is 11.9. The molecule has 1 unspecified atom stereocenters. The van der Waals surface area contributed by atoms with Crippen LogP contribution in [0, 0.1) is 11.3 Å². The van der Waals surface area contributed by atoms with E-state index in [1.54, 1.807) is 17.9 Å². The minimum absolute atomic E-state index is 0.201. The summed E-state index contributed by atoms with van der Waals surface area (Å²) >= 11 is 0. The van der Waals surface area contributed by atoms with Gasteiger partial charge in [0.15, 0.2) is 0 Å². The molecule has 0 saturated carbocycles. The smallest absolute Gasteiger partial charge is 0.138 e. The lowest BCUT2D eigenvalue weighted by atomic mass is 9.76. The van der Waals surface area contributed by atoms with Gasteiger partial charge < -0.3 is 5.73 Å². The van der Waals surface area contributed by atoms with Crippen molar-refractivity contribution in [3.05, 3.63) is 11.9 Å². The van der Waals surface area contributed by atoms with Crippen molar-refractivity contribution in [2.75, 3.05) is 6.54 Å². The van der Waals surface area contributed by atoms with Crippen molar-refractivity contribution in [1.29, 1.82) is 0 Å². The molecular weight excluding hydrogens is 240 g/mol. The maximum atomic E-state index is 11.9. The van der Waals surface area contributed by atoms with Crippen LogP contribution in [0.2, 0.25) is 0 Å². The second-order valence-electron chi connectivity index (χ2n) is 6.28. The van der Waals surface area contributed by atoms with E-state index in [2.05, 4.69) is 31.1 Å². The van der Waals surface area contributed by atoms with Gasteiger partial charge >= 0.3 is 0 Å². The number of hydrogen-bond donors (Lipinski definition) is 1. The van der Waals surface area contributed by atoms with Crippen molar-refractivity contribution in [3.63, 3.8) is 0 Å². The molecule has 2 N–H and O–H groups in total. The largest absolute Gasteiger partial charge is 0.330 e. The molecule has 0 aliphatic rings. The van der Waals surface area contributed by atoms with E-state index in [0.717, 1.165) is 18.5 Å². The van der Waals surface area contributed by atoms with Gasteiger partial charge in [0.25, 0.3) is 0 Å². The fraction of sp³-hybridized carbons (Fsp3) is 0.786. The van der Waals surface area contributed by atoms with Gasteiger partial charge in [-0.15, -0.1) is 5.10 Å². The van der Waals surface area contributed by atoms with Gasteiger partial charge in [-0.05, 0) is 30.7 Å². The van der Waals surface area contributed by atoms with Gasteiger partial charge in [-0.2, -0.15) is 0 Å². The first-order chi connectivity index (χ1) is 8.82. The fourth-order valence-corrected chi connectivity index (χ4v) is 2.31. The Morgan fingerprint density at radius 3 is 2.58 bits per heavy atom. The summed E-state index contributed by atoms with van der Waals surface area (Å²) in [6.45, 7) is 7.31. The average molecular weight is 266 g/mol. The number of carbonyl (C=O) groups excluding carboxylic acids is 1. The summed E-state index contributed by atoms with van der Waals surface area (Å²) in [5.74, 6) is 0.718. The van der Waals surface area contributed by atoms with E-state index in [4.69, 9.17) is 5.73 Å². The zero-order valence-electron chi connectivity index (χ0n) is 12.5. The number of rotatable bonds is 7. The minimum Gasteiger partial charge on any atom is -0.330 e. The molecule has 0 aliphatic heterocycles. The zero-order valence-corrected chi connectivity index (χ0v) is 12.5. The highest BCUT2D eigenvalue weighted by molar-refractivity contribution is 5.80. The van der Waals surface area contributed by atoms with E-state index in [9.17, 15) is 4.79 Å². The van der Waals surface area contributed by atoms with Crippen molar-refractivity contribution in [3.8, 4) is 0 Å². The monoisotopic (exact) mass is 266 g/mol. The Morgan fingerprint density at radius 1 is 1.42 bits per heavy atom. The Kier molecular flexibility index (Phi) is 5.66. The second-order valence-corrected chi connectivity index (χ2v) is 6.28. The Balaban J connectivity index is 2.43. The highest BCUT2D eigenvalue weighted by Crippen LogP contribution is 2.32. The molecule has 1 rings (SSSR count). The molecule has 0 saturated heterocycles. The van der Waals surface area contributed by atoms with Crippen LogP contribution in [0.3, 0.4) is 0 Å². The van der Waals surface area contributed by atoms with Gasteiger partial charge in [0.1, 0.15) is 5.78 Å². The van der Waals surface area contributed by atoms with Crippen LogP contribution in [-0.4, -0.2) is 27.3 Å². The molecule has 1 aromatic rings. The molecular formula is C14H26N4O. The van der Waals surface area contributed by atoms with E-state index in [-0.39, 0.29) is 11.2 Å². The molecule has 1 aromatic heterocycles. The van der Waals surface area contributed by atoms with Gasteiger partial charge in [0, 0.05) is 19.7 Å². The molecule has 0 radical (unpaired) electrons. The predicted octanol–water partition coefficient (Wildman–Crippen LogP) is 1.72. The SMILES string of the molecule is Cn1cc(CC(=O)CCC(CCN)C(C)(C)C)nn1. The van der Waals surface area contributed by atoms with E-state index < -0.39 is 0 Å². The van der Waals surface area contributed by atoms with E-state index in [1.807, 2.05) is 0 Å². The molecule has 108 valence electrons. The molecule has 0 amide bonds. The van der Waals surface area contributed by atoms with E-state index in [1.165, 1.54) is 0 Å². The van der Waals surface area contributed by atoms with Gasteiger partial charge in [-0.25, -0.2) is 0 Å². The molecule has 0 bridgehead atoms. The molecule has 5 heteroatoms. The summed E-state index contributed by atoms with van der Waals surface area (Å²) in [5.41, 5.74) is 6.60. The maximum absolute atomic E-state index is 11.9. The lowest BCUT2D eigenvalue weighted by molar-refractivity contribution is -0.118. The molecule has 1 heterocycles. The summed E-state index contributed by atoms with van der Waals surface area (Å²) in [6.07, 6.45) is 4.65. The van der Waals surface area contributed by atoms with Crippen LogP contribution < -0.4 is 5.73 Å². The molecule has 0 spiro atoms. The third-order valence-electron chi connectivity index (χ3n) is 3.54. The number of hydrogen-bond acceptors (Lipinski definition) is 4. The number of carbonyl (C=O) groups is 1. The van der Waals surface area contributed by atoms with Crippen molar-refractivity contribution >= 4 is 5.78 Å². The fourth-order valence-electron chi connectivity index (χ4n) is 2.31. The summed E-state index contributed by atoms with van der Waals surface area (Å²) in [5, 5.41) is 7.77. The van der Waals surface area contributed by atoms with Gasteiger partial charge in [0.2, 0.25) is 0 Å². The van der Waals surface area contributed by atoms with Crippen molar-refractivity contribution in [2.24, 2.45) is 24.1 Å². The lowest BCUT2D eigenvalue weighted by Crippen LogP contribution is -2.24. The third kappa shape index (κ3) is 5.51. The molecule has 0 aliphatic carbocycles. The Bertz CT molecular complexity index is 406. The van der Waals surface area contributed by atoms with Crippen LogP contribution >= 0.6 is 0 Å². The third-order valence-corrected chi connectivity index (χ3v) is 3.54. The second kappa shape index (κ2) is 6.80. The number of nitrogens with zero attached hydrogens (tertiary/aromatic N) is 3. The quantitative estimate of drug-likeness (QED) is 0.815. The molecule has 1 atom stereocenters. The predicted molar refractivity (Wildman–Crippen MR) is 75.6 cm³/mol. The zero-order chi connectivity index (χ0) is 14.5. The van der Waals surface area contributed by atoms with Gasteiger partial charge in [0.05, 0.1) is 12.1 Å². The molecule has 0 aromatic carbocycles. The van der Waals surface area contributed by atoms with Gasteiger partial charge in [-0.3, -0.25) is 9.48 Å². The van der Waals surface area contributed by atoms with Crippen LogP contribution in [0.1, 0.15) is 45.7 Å². The van der Waals surface area contributed by atoms with Crippen molar-refractivity contribution in [1.82, 2.24) is 15.0 Å². The minimum atomic E-state index is 0.201. The average Bonchev–Trinajstić information content (AvgIpc) is 2.68. The Hall–Kier alpha value is -1.23.